The molecule has 0 aliphatic rings. The average Bonchev–Trinajstić information content (AvgIpc) is 2.91. The molecule has 0 atom stereocenters. The molecule has 3 aromatic rings. The number of aromatic nitrogens is 4. The molecule has 0 bridgehead atoms. The van der Waals surface area contributed by atoms with Crippen molar-refractivity contribution >= 4 is 26.0 Å². The molecule has 2 heterocycles. The predicted molar refractivity (Wildman–Crippen MR) is 100 cm³/mol. The Balaban J connectivity index is 1.73. The first-order valence-electron chi connectivity index (χ1n) is 7.69. The van der Waals surface area contributed by atoms with Gasteiger partial charge in [-0.2, -0.15) is 0 Å². The van der Waals surface area contributed by atoms with Gasteiger partial charge in [-0.05, 0) is 36.4 Å². The molecule has 0 aliphatic heterocycles. The van der Waals surface area contributed by atoms with Crippen molar-refractivity contribution in [1.29, 1.82) is 0 Å². The second kappa shape index (κ2) is 7.52. The van der Waals surface area contributed by atoms with E-state index in [-0.39, 0.29) is 23.7 Å². The minimum Gasteiger partial charge on any atom is -0.277 e. The maximum atomic E-state index is 12.3. The summed E-state index contributed by atoms with van der Waals surface area (Å²) in [6, 6.07) is 11.6. The molecule has 10 heteroatoms. The van der Waals surface area contributed by atoms with Gasteiger partial charge in [0.05, 0.1) is 11.4 Å². The first-order chi connectivity index (χ1) is 12.4. The Morgan fingerprint density at radius 1 is 1.15 bits per heavy atom. The molecule has 0 radical (unpaired) electrons. The standard InChI is InChI=1S/C16H16BrN5O3S/c1-21-15(14-4-2-3-9-18-14)20-22(16(21)23)11-10-19-26(24,25)13-7-5-12(17)6-8-13/h2-9,19H,10-11H2,1H3. The zero-order valence-electron chi connectivity index (χ0n) is 13.8. The number of pyridine rings is 1. The van der Waals surface area contributed by atoms with Crippen LogP contribution in [0.2, 0.25) is 0 Å². The summed E-state index contributed by atoms with van der Waals surface area (Å²) in [5, 5.41) is 4.25. The van der Waals surface area contributed by atoms with Crippen molar-refractivity contribution < 1.29 is 8.42 Å². The van der Waals surface area contributed by atoms with Gasteiger partial charge in [-0.25, -0.2) is 22.6 Å². The third-order valence-corrected chi connectivity index (χ3v) is 5.68. The lowest BCUT2D eigenvalue weighted by molar-refractivity contribution is 0.551. The number of nitrogens with zero attached hydrogens (tertiary/aromatic N) is 4. The fourth-order valence-corrected chi connectivity index (χ4v) is 3.62. The second-order valence-electron chi connectivity index (χ2n) is 5.46. The second-order valence-corrected chi connectivity index (χ2v) is 8.14. The normalized spacial score (nSPS) is 11.6. The zero-order valence-corrected chi connectivity index (χ0v) is 16.2. The van der Waals surface area contributed by atoms with Crippen LogP contribution in [0.5, 0.6) is 0 Å². The maximum absolute atomic E-state index is 12.3. The lowest BCUT2D eigenvalue weighted by Crippen LogP contribution is -2.31. The van der Waals surface area contributed by atoms with Crippen molar-refractivity contribution in [2.75, 3.05) is 6.54 Å². The lowest BCUT2D eigenvalue weighted by atomic mass is 10.3. The van der Waals surface area contributed by atoms with Crippen LogP contribution < -0.4 is 10.4 Å². The van der Waals surface area contributed by atoms with Crippen molar-refractivity contribution in [1.82, 2.24) is 24.1 Å². The highest BCUT2D eigenvalue weighted by molar-refractivity contribution is 9.10. The predicted octanol–water partition coefficient (Wildman–Crippen LogP) is 1.38. The molecule has 0 saturated heterocycles. The number of hydrogen-bond acceptors (Lipinski definition) is 5. The number of rotatable bonds is 6. The molecule has 0 fully saturated rings. The highest BCUT2D eigenvalue weighted by Crippen LogP contribution is 2.14. The zero-order chi connectivity index (χ0) is 18.7. The minimum atomic E-state index is -3.65. The van der Waals surface area contributed by atoms with Crippen LogP contribution in [-0.2, 0) is 23.6 Å². The Labute approximate surface area is 158 Å². The van der Waals surface area contributed by atoms with Gasteiger partial charge >= 0.3 is 5.69 Å². The summed E-state index contributed by atoms with van der Waals surface area (Å²) in [5.74, 6) is 0.423. The topological polar surface area (TPSA) is 98.9 Å². The summed E-state index contributed by atoms with van der Waals surface area (Å²) in [7, 11) is -2.05. The van der Waals surface area contributed by atoms with Crippen LogP contribution in [0.3, 0.4) is 0 Å². The summed E-state index contributed by atoms with van der Waals surface area (Å²) in [6.45, 7) is 0.145. The van der Waals surface area contributed by atoms with E-state index in [0.717, 1.165) is 4.47 Å². The third kappa shape index (κ3) is 3.92. The van der Waals surface area contributed by atoms with Crippen LogP contribution in [-0.4, -0.2) is 34.3 Å². The summed E-state index contributed by atoms with van der Waals surface area (Å²) in [5.41, 5.74) is 0.231. The van der Waals surface area contributed by atoms with E-state index in [1.54, 1.807) is 43.6 Å². The molecule has 1 N–H and O–H groups in total. The summed E-state index contributed by atoms with van der Waals surface area (Å²) in [6.07, 6.45) is 1.62. The van der Waals surface area contributed by atoms with Crippen LogP contribution in [0.1, 0.15) is 0 Å². The van der Waals surface area contributed by atoms with Crippen LogP contribution in [0.4, 0.5) is 0 Å². The molecule has 0 aliphatic carbocycles. The molecule has 1 aromatic carbocycles. The van der Waals surface area contributed by atoms with Gasteiger partial charge in [-0.3, -0.25) is 9.55 Å². The van der Waals surface area contributed by atoms with E-state index < -0.39 is 10.0 Å². The van der Waals surface area contributed by atoms with Crippen molar-refractivity contribution in [2.45, 2.75) is 11.4 Å². The number of hydrogen-bond donors (Lipinski definition) is 1. The van der Waals surface area contributed by atoms with E-state index in [2.05, 4.69) is 30.7 Å². The van der Waals surface area contributed by atoms with E-state index in [9.17, 15) is 13.2 Å². The largest absolute Gasteiger partial charge is 0.346 e. The van der Waals surface area contributed by atoms with Crippen LogP contribution in [0.15, 0.2) is 62.8 Å². The van der Waals surface area contributed by atoms with Gasteiger partial charge in [0.15, 0.2) is 5.82 Å². The minimum absolute atomic E-state index is 0.0387. The van der Waals surface area contributed by atoms with Gasteiger partial charge in [0.2, 0.25) is 10.0 Å². The van der Waals surface area contributed by atoms with Crippen molar-refractivity contribution in [3.8, 4) is 11.5 Å². The highest BCUT2D eigenvalue weighted by atomic mass is 79.9. The summed E-state index contributed by atoms with van der Waals surface area (Å²) >= 11 is 3.26. The van der Waals surface area contributed by atoms with Crippen LogP contribution in [0, 0.1) is 0 Å². The smallest absolute Gasteiger partial charge is 0.277 e. The number of benzene rings is 1. The van der Waals surface area contributed by atoms with Gasteiger partial charge in [0.1, 0.15) is 5.69 Å². The summed E-state index contributed by atoms with van der Waals surface area (Å²) < 4.78 is 30.4. The van der Waals surface area contributed by atoms with Crippen LogP contribution in [0.25, 0.3) is 11.5 Å². The van der Waals surface area contributed by atoms with E-state index >= 15 is 0 Å². The van der Waals surface area contributed by atoms with Crippen molar-refractivity contribution in [2.24, 2.45) is 7.05 Å². The molecular weight excluding hydrogens is 422 g/mol. The van der Waals surface area contributed by atoms with Gasteiger partial charge in [-0.15, -0.1) is 5.10 Å². The quantitative estimate of drug-likeness (QED) is 0.627. The molecule has 3 rings (SSSR count). The Morgan fingerprint density at radius 3 is 2.54 bits per heavy atom. The first-order valence-corrected chi connectivity index (χ1v) is 9.96. The van der Waals surface area contributed by atoms with E-state index in [1.807, 2.05) is 0 Å². The average molecular weight is 438 g/mol. The van der Waals surface area contributed by atoms with Crippen molar-refractivity contribution in [3.05, 3.63) is 63.6 Å². The highest BCUT2D eigenvalue weighted by Gasteiger charge is 2.15. The van der Waals surface area contributed by atoms with Gasteiger partial charge in [-0.1, -0.05) is 22.0 Å². The van der Waals surface area contributed by atoms with E-state index in [4.69, 9.17) is 0 Å². The van der Waals surface area contributed by atoms with Crippen molar-refractivity contribution in [3.63, 3.8) is 0 Å². The van der Waals surface area contributed by atoms with Gasteiger partial charge < -0.3 is 0 Å². The molecule has 0 unspecified atom stereocenters. The molecule has 136 valence electrons. The monoisotopic (exact) mass is 437 g/mol. The first kappa shape index (κ1) is 18.5. The Hall–Kier alpha value is -2.30. The number of sulfonamides is 1. The number of halogens is 1. The number of nitrogens with one attached hydrogen (secondary N) is 1. The molecule has 0 saturated carbocycles. The maximum Gasteiger partial charge on any atom is 0.346 e. The van der Waals surface area contributed by atoms with Gasteiger partial charge in [0, 0.05) is 24.3 Å². The Morgan fingerprint density at radius 2 is 1.88 bits per heavy atom. The molecule has 8 nitrogen and oxygen atoms in total. The Kier molecular flexibility index (Phi) is 5.35. The molecule has 2 aromatic heterocycles. The SMILES string of the molecule is Cn1c(-c2ccccn2)nn(CCNS(=O)(=O)c2ccc(Br)cc2)c1=O. The Bertz CT molecular complexity index is 1060. The van der Waals surface area contributed by atoms with E-state index in [0.29, 0.717) is 11.5 Å². The lowest BCUT2D eigenvalue weighted by Gasteiger charge is -2.06. The fourth-order valence-electron chi connectivity index (χ4n) is 2.33. The fraction of sp³-hybridized carbons (Fsp3) is 0.188. The summed E-state index contributed by atoms with van der Waals surface area (Å²) in [4.78, 5) is 16.6. The molecular formula is C16H16BrN5O3S. The van der Waals surface area contributed by atoms with Crippen LogP contribution >= 0.6 is 15.9 Å². The third-order valence-electron chi connectivity index (χ3n) is 3.67. The molecule has 26 heavy (non-hydrogen) atoms. The van der Waals surface area contributed by atoms with Gasteiger partial charge in [0.25, 0.3) is 0 Å². The molecule has 0 spiro atoms. The molecule has 0 amide bonds. The van der Waals surface area contributed by atoms with E-state index in [1.165, 1.54) is 21.4 Å².